The van der Waals surface area contributed by atoms with Crippen LogP contribution in [0.25, 0.3) is 6.08 Å². The zero-order valence-corrected chi connectivity index (χ0v) is 23.0. The highest BCUT2D eigenvalue weighted by Crippen LogP contribution is 2.35. The lowest BCUT2D eigenvalue weighted by Gasteiger charge is -2.14. The predicted octanol–water partition coefficient (Wildman–Crippen LogP) is 6.95. The van der Waals surface area contributed by atoms with Gasteiger partial charge in [0, 0.05) is 21.3 Å². The van der Waals surface area contributed by atoms with Crippen LogP contribution in [-0.2, 0) is 16.2 Å². The smallest absolute Gasteiger partial charge is 0.294 e. The van der Waals surface area contributed by atoms with Gasteiger partial charge in [-0.05, 0) is 73.1 Å². The highest BCUT2D eigenvalue weighted by Gasteiger charge is 2.36. The number of amides is 3. The van der Waals surface area contributed by atoms with Gasteiger partial charge in [0.1, 0.15) is 13.2 Å². The summed E-state index contributed by atoms with van der Waals surface area (Å²) in [6.45, 7) is 3.93. The molecule has 0 aliphatic carbocycles. The molecule has 3 aromatic rings. The summed E-state index contributed by atoms with van der Waals surface area (Å²) >= 11 is 13.0. The van der Waals surface area contributed by atoms with Gasteiger partial charge < -0.3 is 14.8 Å². The number of anilines is 1. The van der Waals surface area contributed by atoms with E-state index in [0.717, 1.165) is 27.8 Å². The molecule has 0 radical (unpaired) electrons. The number of nitrogens with zero attached hydrogens (tertiary/aromatic N) is 1. The van der Waals surface area contributed by atoms with Gasteiger partial charge in [0.25, 0.3) is 11.1 Å². The van der Waals surface area contributed by atoms with E-state index in [1.807, 2.05) is 32.0 Å². The molecule has 0 spiro atoms. The molecule has 1 fully saturated rings. The third-order valence-electron chi connectivity index (χ3n) is 5.56. The maximum Gasteiger partial charge on any atom is 0.294 e. The Kier molecular flexibility index (Phi) is 8.99. The van der Waals surface area contributed by atoms with Crippen molar-refractivity contribution in [2.45, 2.75) is 20.5 Å². The number of thioether (sulfide) groups is 1. The molecule has 38 heavy (non-hydrogen) atoms. The Morgan fingerprint density at radius 1 is 1.03 bits per heavy atom. The molecule has 196 valence electrons. The molecule has 10 heteroatoms. The van der Waals surface area contributed by atoms with Crippen LogP contribution in [0.15, 0.2) is 65.6 Å². The van der Waals surface area contributed by atoms with E-state index in [1.165, 1.54) is 0 Å². The zero-order valence-electron chi connectivity index (χ0n) is 20.6. The minimum Gasteiger partial charge on any atom is -0.490 e. The fraction of sp³-hybridized carbons (Fsp3) is 0.179. The summed E-state index contributed by atoms with van der Waals surface area (Å²) in [4.78, 5) is 39.2. The number of halogens is 2. The first-order chi connectivity index (χ1) is 18.2. The molecular formula is C28H24Cl2N2O5S. The SMILES string of the molecule is CCOc1cc(/C=C2/SC(=O)N(CC(=O)Nc3cc(Cl)ccc3C)C2=O)ccc1OCc1ccccc1Cl. The summed E-state index contributed by atoms with van der Waals surface area (Å²) in [6, 6.07) is 17.7. The largest absolute Gasteiger partial charge is 0.490 e. The van der Waals surface area contributed by atoms with Crippen LogP contribution in [0.5, 0.6) is 11.5 Å². The van der Waals surface area contributed by atoms with Gasteiger partial charge >= 0.3 is 0 Å². The molecule has 4 rings (SSSR count). The first-order valence-electron chi connectivity index (χ1n) is 11.7. The van der Waals surface area contributed by atoms with E-state index in [2.05, 4.69) is 5.32 Å². The van der Waals surface area contributed by atoms with Crippen molar-refractivity contribution < 1.29 is 23.9 Å². The normalized spacial score (nSPS) is 14.2. The Bertz CT molecular complexity index is 1430. The molecular weight excluding hydrogens is 547 g/mol. The van der Waals surface area contributed by atoms with E-state index in [9.17, 15) is 14.4 Å². The number of hydrogen-bond donors (Lipinski definition) is 1. The maximum atomic E-state index is 12.9. The minimum absolute atomic E-state index is 0.203. The number of rotatable bonds is 9. The summed E-state index contributed by atoms with van der Waals surface area (Å²) in [5.74, 6) is -0.0404. The number of ether oxygens (including phenoxy) is 2. The van der Waals surface area contributed by atoms with Crippen LogP contribution in [0.2, 0.25) is 10.0 Å². The van der Waals surface area contributed by atoms with Gasteiger partial charge in [-0.2, -0.15) is 0 Å². The third-order valence-corrected chi connectivity index (χ3v) is 7.07. The molecule has 3 aromatic carbocycles. The van der Waals surface area contributed by atoms with Crippen molar-refractivity contribution in [1.82, 2.24) is 4.90 Å². The second-order valence-electron chi connectivity index (χ2n) is 8.29. The van der Waals surface area contributed by atoms with E-state index in [1.54, 1.807) is 48.5 Å². The van der Waals surface area contributed by atoms with Crippen molar-refractivity contribution in [2.75, 3.05) is 18.5 Å². The number of nitrogens with one attached hydrogen (secondary N) is 1. The molecule has 1 N–H and O–H groups in total. The molecule has 1 saturated heterocycles. The summed E-state index contributed by atoms with van der Waals surface area (Å²) in [6.07, 6.45) is 1.59. The van der Waals surface area contributed by atoms with E-state index in [0.29, 0.717) is 39.4 Å². The Morgan fingerprint density at radius 3 is 2.58 bits per heavy atom. The van der Waals surface area contributed by atoms with Crippen molar-refractivity contribution in [2.24, 2.45) is 0 Å². The average molecular weight is 571 g/mol. The van der Waals surface area contributed by atoms with E-state index >= 15 is 0 Å². The molecule has 1 heterocycles. The number of hydrogen-bond acceptors (Lipinski definition) is 6. The second kappa shape index (κ2) is 12.4. The van der Waals surface area contributed by atoms with Crippen molar-refractivity contribution in [3.05, 3.63) is 92.3 Å². The van der Waals surface area contributed by atoms with Crippen LogP contribution < -0.4 is 14.8 Å². The first-order valence-corrected chi connectivity index (χ1v) is 13.3. The Labute approximate surface area is 234 Å². The first kappa shape index (κ1) is 27.6. The van der Waals surface area contributed by atoms with Gasteiger partial charge in [-0.1, -0.05) is 53.5 Å². The fourth-order valence-electron chi connectivity index (χ4n) is 3.62. The van der Waals surface area contributed by atoms with Gasteiger partial charge in [0.05, 0.1) is 11.5 Å². The van der Waals surface area contributed by atoms with Crippen LogP contribution in [0.4, 0.5) is 10.5 Å². The number of aryl methyl sites for hydroxylation is 1. The fourth-order valence-corrected chi connectivity index (χ4v) is 4.82. The van der Waals surface area contributed by atoms with Crippen LogP contribution in [-0.4, -0.2) is 35.1 Å². The monoisotopic (exact) mass is 570 g/mol. The molecule has 1 aliphatic rings. The van der Waals surface area contributed by atoms with E-state index in [4.69, 9.17) is 32.7 Å². The van der Waals surface area contributed by atoms with Crippen LogP contribution in [0, 0.1) is 6.92 Å². The van der Waals surface area contributed by atoms with Gasteiger partial charge in [-0.15, -0.1) is 0 Å². The Balaban J connectivity index is 1.46. The molecule has 0 saturated carbocycles. The van der Waals surface area contributed by atoms with Gasteiger partial charge in [0.15, 0.2) is 11.5 Å². The van der Waals surface area contributed by atoms with E-state index < -0.39 is 23.6 Å². The standard InChI is InChI=1S/C28H24Cl2N2O5S/c1-3-36-24-12-18(9-11-23(24)37-16-19-6-4-5-7-21(19)30)13-25-27(34)32(28(35)38-25)15-26(33)31-22-14-20(29)10-8-17(22)2/h4-14H,3,15-16H2,1-2H3,(H,31,33)/b25-13+. The van der Waals surface area contributed by atoms with Gasteiger partial charge in [-0.25, -0.2) is 0 Å². The number of benzene rings is 3. The minimum atomic E-state index is -0.546. The lowest BCUT2D eigenvalue weighted by atomic mass is 10.1. The predicted molar refractivity (Wildman–Crippen MR) is 151 cm³/mol. The maximum absolute atomic E-state index is 12.9. The van der Waals surface area contributed by atoms with Crippen molar-refractivity contribution >= 4 is 63.8 Å². The van der Waals surface area contributed by atoms with Crippen LogP contribution >= 0.6 is 35.0 Å². The van der Waals surface area contributed by atoms with Crippen molar-refractivity contribution in [3.63, 3.8) is 0 Å². The molecule has 0 unspecified atom stereocenters. The topological polar surface area (TPSA) is 84.9 Å². The zero-order chi connectivity index (χ0) is 27.2. The molecule has 1 aliphatic heterocycles. The Hall–Kier alpha value is -3.46. The summed E-state index contributed by atoms with van der Waals surface area (Å²) < 4.78 is 11.7. The van der Waals surface area contributed by atoms with Crippen molar-refractivity contribution in [1.29, 1.82) is 0 Å². The number of carbonyl (C=O) groups excluding carboxylic acids is 3. The number of carbonyl (C=O) groups is 3. The molecule has 0 bridgehead atoms. The Morgan fingerprint density at radius 2 is 1.82 bits per heavy atom. The summed E-state index contributed by atoms with van der Waals surface area (Å²) in [5.41, 5.74) is 2.80. The summed E-state index contributed by atoms with van der Waals surface area (Å²) in [7, 11) is 0. The molecule has 0 aromatic heterocycles. The molecule has 7 nitrogen and oxygen atoms in total. The highest BCUT2D eigenvalue weighted by molar-refractivity contribution is 8.18. The van der Waals surface area contributed by atoms with E-state index in [-0.39, 0.29) is 11.5 Å². The van der Waals surface area contributed by atoms with Crippen LogP contribution in [0.1, 0.15) is 23.6 Å². The van der Waals surface area contributed by atoms with Crippen molar-refractivity contribution in [3.8, 4) is 11.5 Å². The van der Waals surface area contributed by atoms with Crippen LogP contribution in [0.3, 0.4) is 0 Å². The second-order valence-corrected chi connectivity index (χ2v) is 10.1. The lowest BCUT2D eigenvalue weighted by molar-refractivity contribution is -0.127. The quantitative estimate of drug-likeness (QED) is 0.280. The van der Waals surface area contributed by atoms with Gasteiger partial charge in [-0.3, -0.25) is 19.3 Å². The molecule has 3 amide bonds. The average Bonchev–Trinajstić information content (AvgIpc) is 3.14. The lowest BCUT2D eigenvalue weighted by Crippen LogP contribution is -2.36. The highest BCUT2D eigenvalue weighted by atomic mass is 35.5. The summed E-state index contributed by atoms with van der Waals surface area (Å²) in [5, 5.41) is 3.25. The van der Waals surface area contributed by atoms with Gasteiger partial charge in [0.2, 0.25) is 5.91 Å². The third kappa shape index (κ3) is 6.69. The number of imide groups is 1. The molecule has 0 atom stereocenters.